The molecule has 3 rings (SSSR count). The highest BCUT2D eigenvalue weighted by atomic mass is 35.5. The Morgan fingerprint density at radius 2 is 1.81 bits per heavy atom. The monoisotopic (exact) mass is 390 g/mol. The quantitative estimate of drug-likeness (QED) is 0.542. The molecular weight excluding hydrogens is 374 g/mol. The number of hydrogen-bond acceptors (Lipinski definition) is 4. The van der Waals surface area contributed by atoms with E-state index in [1.165, 1.54) is 19.1 Å². The lowest BCUT2D eigenvalue weighted by molar-refractivity contribution is 0.101. The molecule has 0 aliphatic carbocycles. The molecule has 1 heterocycles. The zero-order valence-corrected chi connectivity index (χ0v) is 16.3. The molecule has 26 heavy (non-hydrogen) atoms. The van der Waals surface area contributed by atoms with Gasteiger partial charge in [-0.05, 0) is 44.9 Å². The van der Waals surface area contributed by atoms with E-state index in [0.29, 0.717) is 27.9 Å². The average molecular weight is 391 g/mol. The number of nitrogens with zero attached hydrogens (tertiary/aromatic N) is 1. The van der Waals surface area contributed by atoms with Crippen LogP contribution in [0.1, 0.15) is 34.2 Å². The van der Waals surface area contributed by atoms with Crippen LogP contribution >= 0.6 is 11.6 Å². The summed E-state index contributed by atoms with van der Waals surface area (Å²) in [6.07, 6.45) is 0. The smallest absolute Gasteiger partial charge is 0.163 e. The predicted octanol–water partition coefficient (Wildman–Crippen LogP) is 5.61. The lowest BCUT2D eigenvalue weighted by Gasteiger charge is -2.23. The Labute approximate surface area is 157 Å². The summed E-state index contributed by atoms with van der Waals surface area (Å²) in [4.78, 5) is 12.0. The van der Waals surface area contributed by atoms with Gasteiger partial charge in [-0.25, -0.2) is 8.42 Å². The van der Waals surface area contributed by atoms with Crippen molar-refractivity contribution in [2.24, 2.45) is 0 Å². The van der Waals surface area contributed by atoms with E-state index in [1.807, 2.05) is 13.0 Å². The Morgan fingerprint density at radius 1 is 1.12 bits per heavy atom. The number of ketones is 1. The topological polar surface area (TPSA) is 78.5 Å². The van der Waals surface area contributed by atoms with Gasteiger partial charge in [0.2, 0.25) is 0 Å². The summed E-state index contributed by atoms with van der Waals surface area (Å²) in [5, 5.41) is 0.658. The fourth-order valence-electron chi connectivity index (χ4n) is 2.93. The normalized spacial score (nSPS) is 11.7. The maximum Gasteiger partial charge on any atom is 0.163 e. The van der Waals surface area contributed by atoms with Gasteiger partial charge in [-0.3, -0.25) is 4.79 Å². The van der Waals surface area contributed by atoms with E-state index in [2.05, 4.69) is 4.72 Å². The third-order valence-electron chi connectivity index (χ3n) is 4.10. The Morgan fingerprint density at radius 3 is 2.46 bits per heavy atom. The fourth-order valence-corrected chi connectivity index (χ4v) is 4.47. The van der Waals surface area contributed by atoms with Gasteiger partial charge in [0.1, 0.15) is 15.8 Å². The number of halogens is 1. The molecule has 0 saturated heterocycles. The Balaban J connectivity index is 2.13. The summed E-state index contributed by atoms with van der Waals surface area (Å²) in [5.41, 5.74) is 2.30. The van der Waals surface area contributed by atoms with Crippen LogP contribution in [0.3, 0.4) is 0 Å². The highest BCUT2D eigenvalue weighted by Gasteiger charge is 2.17. The van der Waals surface area contributed by atoms with E-state index < -0.39 is 10.0 Å². The third-order valence-corrected chi connectivity index (χ3v) is 5.83. The van der Waals surface area contributed by atoms with E-state index in [4.69, 9.17) is 16.0 Å². The van der Waals surface area contributed by atoms with Gasteiger partial charge in [0.05, 0.1) is 15.5 Å². The van der Waals surface area contributed by atoms with Crippen molar-refractivity contribution < 1.29 is 17.6 Å². The maximum atomic E-state index is 12.7. The zero-order chi connectivity index (χ0) is 19.2. The van der Waals surface area contributed by atoms with Crippen molar-refractivity contribution in [3.63, 3.8) is 0 Å². The zero-order valence-electron chi connectivity index (χ0n) is 14.8. The van der Waals surface area contributed by atoms with E-state index >= 15 is 0 Å². The molecular formula is C19H17ClNO4S-. The highest BCUT2D eigenvalue weighted by Crippen LogP contribution is 2.39. The first-order chi connectivity index (χ1) is 12.1. The molecule has 0 fully saturated rings. The van der Waals surface area contributed by atoms with E-state index in [1.54, 1.807) is 26.0 Å². The third kappa shape index (κ3) is 3.22. The molecule has 5 nitrogen and oxygen atoms in total. The van der Waals surface area contributed by atoms with Gasteiger partial charge in [-0.2, -0.15) is 0 Å². The molecule has 0 saturated carbocycles. The van der Waals surface area contributed by atoms with Gasteiger partial charge in [-0.1, -0.05) is 35.9 Å². The van der Waals surface area contributed by atoms with Crippen LogP contribution < -0.4 is 0 Å². The number of carbonyl (C=O) groups excluding carboxylic acids is 1. The molecule has 2 aromatic carbocycles. The van der Waals surface area contributed by atoms with E-state index in [9.17, 15) is 13.2 Å². The van der Waals surface area contributed by atoms with Crippen LogP contribution in [0.25, 0.3) is 15.7 Å². The van der Waals surface area contributed by atoms with Crippen LogP contribution in [0, 0.1) is 20.8 Å². The second-order valence-electron chi connectivity index (χ2n) is 6.23. The summed E-state index contributed by atoms with van der Waals surface area (Å²) in [6, 6.07) is 8.08. The number of benzene rings is 2. The van der Waals surface area contributed by atoms with Crippen molar-refractivity contribution in [1.29, 1.82) is 0 Å². The van der Waals surface area contributed by atoms with Crippen LogP contribution in [0.2, 0.25) is 5.02 Å². The Bertz CT molecular complexity index is 1150. The summed E-state index contributed by atoms with van der Waals surface area (Å²) < 4.78 is 35.0. The molecule has 1 aromatic heterocycles. The predicted molar refractivity (Wildman–Crippen MR) is 102 cm³/mol. The summed E-state index contributed by atoms with van der Waals surface area (Å²) in [6.45, 7) is 6.61. The lowest BCUT2D eigenvalue weighted by Crippen LogP contribution is -2.01. The number of Topliss-reactive ketones (excluding diaryl/α,β-unsaturated/α-hetero) is 1. The standard InChI is InChI=1S/C19H17ClNO4S/c1-10-5-6-11(2)17(7-10)26(23,24)21-14-8-15-18(12(3)22)13(4)25-19(15)16(20)9-14/h5-9H,1-4H3/q-1. The number of rotatable bonds is 4. The maximum absolute atomic E-state index is 12.7. The first kappa shape index (κ1) is 18.5. The first-order valence-corrected chi connectivity index (χ1v) is 9.71. The minimum absolute atomic E-state index is 0.142. The van der Waals surface area contributed by atoms with Crippen LogP contribution in [-0.4, -0.2) is 14.2 Å². The van der Waals surface area contributed by atoms with Gasteiger partial charge < -0.3 is 9.14 Å². The second kappa shape index (κ2) is 6.45. The molecule has 0 N–H and O–H groups in total. The van der Waals surface area contributed by atoms with Gasteiger partial charge >= 0.3 is 0 Å². The van der Waals surface area contributed by atoms with Crippen molar-refractivity contribution >= 4 is 44.1 Å². The number of carbonyl (C=O) groups is 1. The van der Waals surface area contributed by atoms with Crippen molar-refractivity contribution in [3.05, 3.63) is 62.5 Å². The molecule has 0 bridgehead atoms. The molecule has 0 aliphatic rings. The largest absolute Gasteiger partial charge is 0.573 e. The molecule has 0 amide bonds. The van der Waals surface area contributed by atoms with Crippen LogP contribution in [0.15, 0.2) is 39.6 Å². The minimum atomic E-state index is -3.93. The second-order valence-corrected chi connectivity index (χ2v) is 8.21. The number of fused-ring (bicyclic) bond motifs is 1. The molecule has 0 spiro atoms. The number of sulfonamides is 1. The van der Waals surface area contributed by atoms with Crippen molar-refractivity contribution in [2.45, 2.75) is 32.6 Å². The highest BCUT2D eigenvalue weighted by molar-refractivity contribution is 7.94. The molecule has 0 radical (unpaired) electrons. The lowest BCUT2D eigenvalue weighted by atomic mass is 10.1. The van der Waals surface area contributed by atoms with Crippen molar-refractivity contribution in [1.82, 2.24) is 0 Å². The molecule has 0 aliphatic heterocycles. The van der Waals surface area contributed by atoms with Gasteiger partial charge in [0, 0.05) is 5.39 Å². The summed E-state index contributed by atoms with van der Waals surface area (Å²) in [7, 11) is -3.93. The minimum Gasteiger partial charge on any atom is -0.573 e. The first-order valence-electron chi connectivity index (χ1n) is 7.89. The SMILES string of the molecule is CC(=O)c1c(C)oc2c(Cl)cc([N-]S(=O)(=O)c3cc(C)ccc3C)cc12. The number of furan rings is 1. The molecule has 7 heteroatoms. The Kier molecular flexibility index (Phi) is 4.58. The molecule has 136 valence electrons. The fraction of sp³-hybridized carbons (Fsp3) is 0.211. The average Bonchev–Trinajstić information content (AvgIpc) is 2.86. The van der Waals surface area contributed by atoms with Gasteiger partial charge in [0.25, 0.3) is 0 Å². The van der Waals surface area contributed by atoms with Gasteiger partial charge in [-0.15, -0.1) is 5.69 Å². The van der Waals surface area contributed by atoms with E-state index in [-0.39, 0.29) is 21.4 Å². The van der Waals surface area contributed by atoms with Crippen molar-refractivity contribution in [3.8, 4) is 0 Å². The van der Waals surface area contributed by atoms with Crippen LogP contribution in [-0.2, 0) is 10.0 Å². The molecule has 0 atom stereocenters. The van der Waals surface area contributed by atoms with Crippen LogP contribution in [0.4, 0.5) is 5.69 Å². The van der Waals surface area contributed by atoms with E-state index in [0.717, 1.165) is 5.56 Å². The molecule has 3 aromatic rings. The van der Waals surface area contributed by atoms with Crippen molar-refractivity contribution in [2.75, 3.05) is 0 Å². The van der Waals surface area contributed by atoms with Crippen LogP contribution in [0.5, 0.6) is 0 Å². The number of hydrogen-bond donors (Lipinski definition) is 0. The summed E-state index contributed by atoms with van der Waals surface area (Å²) >= 11 is 6.22. The molecule has 0 unspecified atom stereocenters. The summed E-state index contributed by atoms with van der Waals surface area (Å²) in [5.74, 6) is 0.246. The van der Waals surface area contributed by atoms with Gasteiger partial charge in [0.15, 0.2) is 11.4 Å². The number of aryl methyl sites for hydroxylation is 3. The Hall–Kier alpha value is -2.31.